The van der Waals surface area contributed by atoms with Crippen LogP contribution in [0.25, 0.3) is 0 Å². The van der Waals surface area contributed by atoms with Gasteiger partial charge in [0.1, 0.15) is 18.2 Å². The summed E-state index contributed by atoms with van der Waals surface area (Å²) >= 11 is 0. The van der Waals surface area contributed by atoms with Crippen molar-refractivity contribution >= 4 is 17.6 Å². The fourth-order valence-electron chi connectivity index (χ4n) is 5.40. The third-order valence-corrected chi connectivity index (χ3v) is 7.31. The minimum absolute atomic E-state index is 0.254. The Morgan fingerprint density at radius 1 is 0.973 bits per heavy atom. The normalized spacial score (nSPS) is 19.9. The standard InChI is InChI=1S/C33H29FN2O/c1-22-8-17-32-31(18-22)29-6-3-7-30(29)33(36-32)25-11-13-27(14-12-25)35-20-23-9-15-28(16-10-23)37-21-24-4-2-5-26(34)19-24/h2-6,8-20,29-30,33,36H,7,21H2,1H3/t29-,30+,33+/m1/s1. The van der Waals surface area contributed by atoms with Crippen molar-refractivity contribution in [3.05, 3.63) is 137 Å². The number of anilines is 1. The van der Waals surface area contributed by atoms with Crippen LogP contribution in [0.3, 0.4) is 0 Å². The predicted molar refractivity (Wildman–Crippen MR) is 148 cm³/mol. The SMILES string of the molecule is Cc1ccc2c(c1)[C@@H]1C=CC[C@@H]1[C@H](c1ccc(N=Cc3ccc(OCc4cccc(F)c4)cc3)cc1)N2. The van der Waals surface area contributed by atoms with Crippen molar-refractivity contribution in [3.63, 3.8) is 0 Å². The maximum Gasteiger partial charge on any atom is 0.123 e. The molecule has 0 saturated heterocycles. The molecule has 0 saturated carbocycles. The topological polar surface area (TPSA) is 33.6 Å². The molecule has 3 atom stereocenters. The maximum atomic E-state index is 13.3. The Hall–Kier alpha value is -4.18. The number of hydrogen-bond acceptors (Lipinski definition) is 3. The lowest BCUT2D eigenvalue weighted by Crippen LogP contribution is -2.29. The average molecular weight is 489 g/mol. The van der Waals surface area contributed by atoms with Crippen LogP contribution in [-0.2, 0) is 6.61 Å². The second-order valence-corrected chi connectivity index (χ2v) is 9.90. The first kappa shape index (κ1) is 23.2. The molecule has 1 aliphatic carbocycles. The van der Waals surface area contributed by atoms with E-state index in [2.05, 4.69) is 71.8 Å². The molecule has 3 nitrogen and oxygen atoms in total. The largest absolute Gasteiger partial charge is 0.489 e. The molecule has 4 heteroatoms. The van der Waals surface area contributed by atoms with Crippen molar-refractivity contribution < 1.29 is 9.13 Å². The maximum absolute atomic E-state index is 13.3. The van der Waals surface area contributed by atoms with Crippen LogP contribution in [0.2, 0.25) is 0 Å². The van der Waals surface area contributed by atoms with Gasteiger partial charge in [0.25, 0.3) is 0 Å². The van der Waals surface area contributed by atoms with Gasteiger partial charge in [-0.2, -0.15) is 0 Å². The highest BCUT2D eigenvalue weighted by Crippen LogP contribution is 2.50. The van der Waals surface area contributed by atoms with Gasteiger partial charge in [-0.3, -0.25) is 4.99 Å². The first-order valence-corrected chi connectivity index (χ1v) is 12.8. The Morgan fingerprint density at radius 2 is 1.81 bits per heavy atom. The number of rotatable bonds is 6. The highest BCUT2D eigenvalue weighted by atomic mass is 19.1. The number of halogens is 1. The van der Waals surface area contributed by atoms with Crippen LogP contribution in [0.5, 0.6) is 5.75 Å². The number of aryl methyl sites for hydroxylation is 1. The van der Waals surface area contributed by atoms with E-state index < -0.39 is 0 Å². The molecule has 0 bridgehead atoms. The number of ether oxygens (including phenoxy) is 1. The zero-order chi connectivity index (χ0) is 25.2. The van der Waals surface area contributed by atoms with E-state index in [1.165, 1.54) is 34.5 Å². The lowest BCUT2D eigenvalue weighted by atomic mass is 9.76. The molecule has 37 heavy (non-hydrogen) atoms. The van der Waals surface area contributed by atoms with Crippen LogP contribution < -0.4 is 10.1 Å². The first-order valence-electron chi connectivity index (χ1n) is 12.8. The Labute approximate surface area is 217 Å². The highest BCUT2D eigenvalue weighted by Gasteiger charge is 2.37. The van der Waals surface area contributed by atoms with Gasteiger partial charge in [-0.25, -0.2) is 4.39 Å². The molecule has 0 aromatic heterocycles. The van der Waals surface area contributed by atoms with Crippen LogP contribution in [-0.4, -0.2) is 6.21 Å². The third kappa shape index (κ3) is 5.05. The van der Waals surface area contributed by atoms with Gasteiger partial charge < -0.3 is 10.1 Å². The van der Waals surface area contributed by atoms with Gasteiger partial charge in [-0.05, 0) is 96.1 Å². The molecular weight excluding hydrogens is 459 g/mol. The van der Waals surface area contributed by atoms with Gasteiger partial charge in [0.2, 0.25) is 0 Å². The van der Waals surface area contributed by atoms with Crippen LogP contribution in [0, 0.1) is 18.7 Å². The number of aliphatic imine (C=N–C) groups is 1. The highest BCUT2D eigenvalue weighted by molar-refractivity contribution is 5.82. The molecule has 1 N–H and O–H groups in total. The summed E-state index contributed by atoms with van der Waals surface area (Å²) in [4.78, 5) is 4.67. The summed E-state index contributed by atoms with van der Waals surface area (Å²) in [5, 5.41) is 3.81. The van der Waals surface area contributed by atoms with E-state index in [1.807, 2.05) is 36.5 Å². The molecule has 184 valence electrons. The molecule has 0 unspecified atom stereocenters. The zero-order valence-corrected chi connectivity index (χ0v) is 20.8. The number of fused-ring (bicyclic) bond motifs is 3. The molecule has 1 aliphatic heterocycles. The molecule has 0 radical (unpaired) electrons. The van der Waals surface area contributed by atoms with E-state index in [9.17, 15) is 4.39 Å². The predicted octanol–water partition coefficient (Wildman–Crippen LogP) is 8.29. The molecule has 0 fully saturated rings. The summed E-state index contributed by atoms with van der Waals surface area (Å²) < 4.78 is 19.1. The first-order chi connectivity index (χ1) is 18.1. The second-order valence-electron chi connectivity index (χ2n) is 9.90. The Morgan fingerprint density at radius 3 is 2.62 bits per heavy atom. The van der Waals surface area contributed by atoms with E-state index in [0.29, 0.717) is 18.4 Å². The minimum atomic E-state index is -0.254. The van der Waals surface area contributed by atoms with Gasteiger partial charge in [-0.15, -0.1) is 0 Å². The average Bonchev–Trinajstić information content (AvgIpc) is 3.42. The van der Waals surface area contributed by atoms with Gasteiger partial charge in [0.15, 0.2) is 0 Å². The number of allylic oxidation sites excluding steroid dienone is 2. The van der Waals surface area contributed by atoms with Crippen molar-refractivity contribution in [1.29, 1.82) is 0 Å². The summed E-state index contributed by atoms with van der Waals surface area (Å²) in [6.45, 7) is 2.49. The van der Waals surface area contributed by atoms with Crippen molar-refractivity contribution in [2.75, 3.05) is 5.32 Å². The molecular formula is C33H29FN2O. The van der Waals surface area contributed by atoms with E-state index in [1.54, 1.807) is 6.07 Å². The lowest BCUT2D eigenvalue weighted by Gasteiger charge is -2.37. The van der Waals surface area contributed by atoms with Crippen LogP contribution in [0.15, 0.2) is 108 Å². The van der Waals surface area contributed by atoms with Crippen LogP contribution >= 0.6 is 0 Å². The van der Waals surface area contributed by atoms with E-state index in [4.69, 9.17) is 4.74 Å². The summed E-state index contributed by atoms with van der Waals surface area (Å²) in [7, 11) is 0. The second kappa shape index (κ2) is 10.1. The van der Waals surface area contributed by atoms with Gasteiger partial charge in [-0.1, -0.05) is 54.1 Å². The fraction of sp³-hybridized carbons (Fsp3) is 0.182. The summed E-state index contributed by atoms with van der Waals surface area (Å²) in [5.74, 6) is 1.49. The summed E-state index contributed by atoms with van der Waals surface area (Å²) in [5.41, 5.74) is 7.98. The number of nitrogens with one attached hydrogen (secondary N) is 1. The van der Waals surface area contributed by atoms with Crippen molar-refractivity contribution in [2.45, 2.75) is 31.9 Å². The smallest absolute Gasteiger partial charge is 0.123 e. The van der Waals surface area contributed by atoms with Gasteiger partial charge >= 0.3 is 0 Å². The Balaban J connectivity index is 1.11. The number of hydrogen-bond donors (Lipinski definition) is 1. The minimum Gasteiger partial charge on any atom is -0.489 e. The van der Waals surface area contributed by atoms with Crippen LogP contribution in [0.4, 0.5) is 15.8 Å². The molecule has 0 spiro atoms. The molecule has 1 heterocycles. The monoisotopic (exact) mass is 488 g/mol. The van der Waals surface area contributed by atoms with E-state index in [-0.39, 0.29) is 11.9 Å². The molecule has 4 aromatic carbocycles. The summed E-state index contributed by atoms with van der Waals surface area (Å²) in [6, 6.07) is 29.8. The molecule has 4 aromatic rings. The van der Waals surface area contributed by atoms with Gasteiger partial charge in [0.05, 0.1) is 11.7 Å². The fourth-order valence-corrected chi connectivity index (χ4v) is 5.40. The van der Waals surface area contributed by atoms with Crippen molar-refractivity contribution in [2.24, 2.45) is 10.9 Å². The Kier molecular flexibility index (Phi) is 6.32. The van der Waals surface area contributed by atoms with Crippen LogP contribution in [0.1, 0.15) is 46.2 Å². The number of nitrogens with zero attached hydrogens (tertiary/aromatic N) is 1. The number of benzene rings is 4. The summed E-state index contributed by atoms with van der Waals surface area (Å²) in [6.07, 6.45) is 7.67. The molecule has 6 rings (SSSR count). The zero-order valence-electron chi connectivity index (χ0n) is 20.8. The van der Waals surface area contributed by atoms with E-state index in [0.717, 1.165) is 29.0 Å². The lowest BCUT2D eigenvalue weighted by molar-refractivity contribution is 0.305. The van der Waals surface area contributed by atoms with Crippen molar-refractivity contribution in [1.82, 2.24) is 0 Å². The molecule has 0 amide bonds. The quantitative estimate of drug-likeness (QED) is 0.219. The molecule has 2 aliphatic rings. The van der Waals surface area contributed by atoms with Crippen molar-refractivity contribution in [3.8, 4) is 5.75 Å². The van der Waals surface area contributed by atoms with Gasteiger partial charge in [0, 0.05) is 17.8 Å². The third-order valence-electron chi connectivity index (χ3n) is 7.31. The Bertz CT molecular complexity index is 1460. The van der Waals surface area contributed by atoms with E-state index >= 15 is 0 Å².